The van der Waals surface area contributed by atoms with Crippen molar-refractivity contribution < 1.29 is 0 Å². The van der Waals surface area contributed by atoms with Crippen molar-refractivity contribution in [2.45, 2.75) is 32.7 Å². The zero-order valence-electron chi connectivity index (χ0n) is 13.7. The number of hydrogen-bond donors (Lipinski definition) is 1. The molecule has 0 amide bonds. The van der Waals surface area contributed by atoms with Gasteiger partial charge in [0.1, 0.15) is 16.5 Å². The maximum absolute atomic E-state index is 4.68. The maximum Gasteiger partial charge on any atom is 0.180 e. The molecule has 0 radical (unpaired) electrons. The molecule has 3 aromatic rings. The van der Waals surface area contributed by atoms with Gasteiger partial charge in [-0.25, -0.2) is 15.0 Å². The highest BCUT2D eigenvalue weighted by Gasteiger charge is 2.34. The van der Waals surface area contributed by atoms with Crippen molar-refractivity contribution >= 4 is 17.2 Å². The van der Waals surface area contributed by atoms with Gasteiger partial charge in [-0.2, -0.15) is 0 Å². The van der Waals surface area contributed by atoms with Crippen LogP contribution in [0.4, 0.5) is 5.82 Å². The summed E-state index contributed by atoms with van der Waals surface area (Å²) in [7, 11) is 0. The minimum Gasteiger partial charge on any atom is -0.360 e. The second-order valence-electron chi connectivity index (χ2n) is 6.20. The van der Waals surface area contributed by atoms with E-state index in [1.54, 1.807) is 17.5 Å². The first kappa shape index (κ1) is 15.2. The number of aromatic nitrogens is 4. The molecule has 5 nitrogen and oxygen atoms in total. The molecule has 3 aromatic heterocycles. The Balaban J connectivity index is 1.65. The summed E-state index contributed by atoms with van der Waals surface area (Å²) in [6.07, 6.45) is 6.20. The molecule has 1 aliphatic carbocycles. The standard InChI is InChI=1S/C18H19N5S/c1-11-9-15(23-17(21-11)14-5-3-4-8-19-14)22-16(13-6-7-13)18-20-10-12(2)24-18/h3-5,8-10,13,16H,6-7H2,1-2H3,(H,21,22,23)/t16-/m0/s1. The summed E-state index contributed by atoms with van der Waals surface area (Å²) in [5.74, 6) is 2.14. The van der Waals surface area contributed by atoms with Gasteiger partial charge in [-0.15, -0.1) is 11.3 Å². The third kappa shape index (κ3) is 3.28. The van der Waals surface area contributed by atoms with Gasteiger partial charge in [-0.1, -0.05) is 6.07 Å². The molecule has 1 fully saturated rings. The van der Waals surface area contributed by atoms with Crippen molar-refractivity contribution in [1.82, 2.24) is 19.9 Å². The van der Waals surface area contributed by atoms with Gasteiger partial charge < -0.3 is 5.32 Å². The highest BCUT2D eigenvalue weighted by atomic mass is 32.1. The van der Waals surface area contributed by atoms with Crippen LogP contribution in [0.3, 0.4) is 0 Å². The van der Waals surface area contributed by atoms with Gasteiger partial charge >= 0.3 is 0 Å². The lowest BCUT2D eigenvalue weighted by Crippen LogP contribution is -2.14. The van der Waals surface area contributed by atoms with E-state index >= 15 is 0 Å². The number of pyridine rings is 1. The van der Waals surface area contributed by atoms with Gasteiger partial charge in [-0.3, -0.25) is 4.98 Å². The van der Waals surface area contributed by atoms with Crippen molar-refractivity contribution in [2.75, 3.05) is 5.32 Å². The Labute approximate surface area is 145 Å². The van der Waals surface area contributed by atoms with E-state index in [9.17, 15) is 0 Å². The number of hydrogen-bond acceptors (Lipinski definition) is 6. The fraction of sp³-hybridized carbons (Fsp3) is 0.333. The van der Waals surface area contributed by atoms with Crippen molar-refractivity contribution in [2.24, 2.45) is 5.92 Å². The van der Waals surface area contributed by atoms with Crippen molar-refractivity contribution in [3.63, 3.8) is 0 Å². The predicted molar refractivity (Wildman–Crippen MR) is 95.9 cm³/mol. The van der Waals surface area contributed by atoms with Gasteiger partial charge in [0.05, 0.1) is 6.04 Å². The molecule has 24 heavy (non-hydrogen) atoms. The summed E-state index contributed by atoms with van der Waals surface area (Å²) in [4.78, 5) is 19.4. The lowest BCUT2D eigenvalue weighted by Gasteiger charge is -2.17. The number of aryl methyl sites for hydroxylation is 2. The third-order valence-electron chi connectivity index (χ3n) is 4.05. The Kier molecular flexibility index (Phi) is 3.98. The van der Waals surface area contributed by atoms with Crippen molar-refractivity contribution in [3.8, 4) is 11.5 Å². The smallest absolute Gasteiger partial charge is 0.180 e. The van der Waals surface area contributed by atoms with Crippen LogP contribution in [0.15, 0.2) is 36.7 Å². The van der Waals surface area contributed by atoms with Crippen molar-refractivity contribution in [3.05, 3.63) is 52.2 Å². The summed E-state index contributed by atoms with van der Waals surface area (Å²) in [5.41, 5.74) is 1.72. The van der Waals surface area contributed by atoms with E-state index in [1.165, 1.54) is 17.7 Å². The van der Waals surface area contributed by atoms with E-state index < -0.39 is 0 Å². The van der Waals surface area contributed by atoms with E-state index in [2.05, 4.69) is 32.2 Å². The van der Waals surface area contributed by atoms with E-state index in [4.69, 9.17) is 0 Å². The minimum absolute atomic E-state index is 0.231. The first-order valence-corrected chi connectivity index (χ1v) is 8.96. The summed E-state index contributed by atoms with van der Waals surface area (Å²) < 4.78 is 0. The molecule has 122 valence electrons. The highest BCUT2D eigenvalue weighted by molar-refractivity contribution is 7.11. The number of thiazole rings is 1. The van der Waals surface area contributed by atoms with E-state index in [-0.39, 0.29) is 6.04 Å². The molecule has 1 atom stereocenters. The van der Waals surface area contributed by atoms with E-state index in [0.717, 1.165) is 22.2 Å². The average molecular weight is 337 g/mol. The molecule has 0 aromatic carbocycles. The molecule has 0 spiro atoms. The largest absolute Gasteiger partial charge is 0.360 e. The lowest BCUT2D eigenvalue weighted by molar-refractivity contribution is 0.670. The Morgan fingerprint density at radius 1 is 1.17 bits per heavy atom. The molecule has 0 bridgehead atoms. The maximum atomic E-state index is 4.68. The molecule has 1 aliphatic rings. The van der Waals surface area contributed by atoms with Crippen LogP contribution < -0.4 is 5.32 Å². The summed E-state index contributed by atoms with van der Waals surface area (Å²) in [5, 5.41) is 4.73. The Morgan fingerprint density at radius 2 is 2.04 bits per heavy atom. The quantitative estimate of drug-likeness (QED) is 0.757. The first-order chi connectivity index (χ1) is 11.7. The molecule has 0 unspecified atom stereocenters. The molecule has 0 saturated heterocycles. The van der Waals surface area contributed by atoms with Crippen molar-refractivity contribution in [1.29, 1.82) is 0 Å². The second-order valence-corrected chi connectivity index (χ2v) is 7.47. The highest BCUT2D eigenvalue weighted by Crippen LogP contribution is 2.43. The van der Waals surface area contributed by atoms with Crippen LogP contribution in [0.5, 0.6) is 0 Å². The minimum atomic E-state index is 0.231. The van der Waals surface area contributed by atoms with Gasteiger partial charge in [0.15, 0.2) is 5.82 Å². The van der Waals surface area contributed by atoms with Crippen LogP contribution in [0.1, 0.15) is 34.5 Å². The molecule has 3 heterocycles. The third-order valence-corrected chi connectivity index (χ3v) is 5.05. The molecule has 0 aliphatic heterocycles. The normalized spacial score (nSPS) is 15.2. The van der Waals surface area contributed by atoms with Gasteiger partial charge in [0.25, 0.3) is 0 Å². The Bertz CT molecular complexity index is 842. The first-order valence-electron chi connectivity index (χ1n) is 8.15. The number of anilines is 1. The van der Waals surface area contributed by atoms with Gasteiger partial charge in [0, 0.05) is 29.0 Å². The van der Waals surface area contributed by atoms with Crippen LogP contribution in [-0.2, 0) is 0 Å². The summed E-state index contributed by atoms with van der Waals surface area (Å²) >= 11 is 1.76. The van der Waals surface area contributed by atoms with Crippen LogP contribution in [0.25, 0.3) is 11.5 Å². The van der Waals surface area contributed by atoms with Gasteiger partial charge in [0.2, 0.25) is 0 Å². The molecule has 6 heteroatoms. The second kappa shape index (κ2) is 6.28. The van der Waals surface area contributed by atoms with Crippen LogP contribution in [0, 0.1) is 19.8 Å². The van der Waals surface area contributed by atoms with E-state index in [1.807, 2.05) is 37.4 Å². The monoisotopic (exact) mass is 337 g/mol. The SMILES string of the molecule is Cc1cc(N[C@H](c2ncc(C)s2)C2CC2)nc(-c2ccccn2)n1. The molecular formula is C18H19N5S. The number of rotatable bonds is 5. The topological polar surface area (TPSA) is 63.6 Å². The molecule has 1 N–H and O–H groups in total. The van der Waals surface area contributed by atoms with Crippen LogP contribution >= 0.6 is 11.3 Å². The lowest BCUT2D eigenvalue weighted by atomic mass is 10.2. The molecular weight excluding hydrogens is 318 g/mol. The van der Waals surface area contributed by atoms with Crippen LogP contribution in [-0.4, -0.2) is 19.9 Å². The Hall–Kier alpha value is -2.34. The zero-order valence-corrected chi connectivity index (χ0v) is 14.5. The number of nitrogens with zero attached hydrogens (tertiary/aromatic N) is 4. The van der Waals surface area contributed by atoms with Crippen LogP contribution in [0.2, 0.25) is 0 Å². The zero-order chi connectivity index (χ0) is 16.5. The van der Waals surface area contributed by atoms with Gasteiger partial charge in [-0.05, 0) is 44.7 Å². The molecule has 1 saturated carbocycles. The predicted octanol–water partition coefficient (Wildman–Crippen LogP) is 4.18. The van der Waals surface area contributed by atoms with E-state index in [0.29, 0.717) is 11.7 Å². The number of nitrogens with one attached hydrogen (secondary N) is 1. The molecule has 4 rings (SSSR count). The summed E-state index contributed by atoms with van der Waals surface area (Å²) in [6, 6.07) is 8.00. The summed E-state index contributed by atoms with van der Waals surface area (Å²) in [6.45, 7) is 4.08. The Morgan fingerprint density at radius 3 is 2.71 bits per heavy atom. The fourth-order valence-corrected chi connectivity index (χ4v) is 3.66. The fourth-order valence-electron chi connectivity index (χ4n) is 2.74. The average Bonchev–Trinajstić information content (AvgIpc) is 3.34.